The molecule has 1 saturated heterocycles. The summed E-state index contributed by atoms with van der Waals surface area (Å²) in [4.78, 5) is 6.63. The Hall–Kier alpha value is -1.55. The van der Waals surface area contributed by atoms with Gasteiger partial charge in [0, 0.05) is 13.1 Å². The van der Waals surface area contributed by atoms with Crippen molar-refractivity contribution in [2.24, 2.45) is 10.7 Å². The summed E-state index contributed by atoms with van der Waals surface area (Å²) >= 11 is 0. The van der Waals surface area contributed by atoms with Crippen LogP contribution in [0.3, 0.4) is 0 Å². The highest BCUT2D eigenvalue weighted by Crippen LogP contribution is 2.27. The van der Waals surface area contributed by atoms with Crippen LogP contribution in [0.1, 0.15) is 33.3 Å². The molecule has 0 saturated carbocycles. The van der Waals surface area contributed by atoms with Gasteiger partial charge in [-0.25, -0.2) is 4.99 Å². The van der Waals surface area contributed by atoms with Gasteiger partial charge >= 0.3 is 0 Å². The molecule has 20 heavy (non-hydrogen) atoms. The van der Waals surface area contributed by atoms with Crippen LogP contribution in [0.4, 0.5) is 0 Å². The van der Waals surface area contributed by atoms with Crippen LogP contribution in [0.15, 0.2) is 35.3 Å². The molecule has 0 radical (unpaired) electrons. The van der Waals surface area contributed by atoms with Crippen molar-refractivity contribution in [2.75, 3.05) is 13.1 Å². The standard InChI is InChI=1S/C16H25N3O/c1-15(2)11-19(12-16(3,4)20-15)14(17)18-10-13-8-6-5-7-9-13/h5-9H,10-12H2,1-4H3,(H2,17,18). The van der Waals surface area contributed by atoms with Crippen LogP contribution in [0.25, 0.3) is 0 Å². The van der Waals surface area contributed by atoms with Crippen molar-refractivity contribution in [1.82, 2.24) is 4.90 Å². The van der Waals surface area contributed by atoms with Gasteiger partial charge in [0.05, 0.1) is 17.7 Å². The number of rotatable bonds is 2. The zero-order chi connectivity index (χ0) is 14.8. The number of hydrogen-bond acceptors (Lipinski definition) is 2. The van der Waals surface area contributed by atoms with Crippen molar-refractivity contribution in [3.8, 4) is 0 Å². The predicted molar refractivity (Wildman–Crippen MR) is 82.6 cm³/mol. The molecule has 0 amide bonds. The predicted octanol–water partition coefficient (Wildman–Crippen LogP) is 2.39. The van der Waals surface area contributed by atoms with E-state index in [1.807, 2.05) is 18.2 Å². The minimum atomic E-state index is -0.214. The highest BCUT2D eigenvalue weighted by Gasteiger charge is 2.38. The van der Waals surface area contributed by atoms with E-state index in [0.717, 1.165) is 13.1 Å². The van der Waals surface area contributed by atoms with Crippen molar-refractivity contribution < 1.29 is 4.74 Å². The molecule has 1 aliphatic heterocycles. The van der Waals surface area contributed by atoms with Crippen LogP contribution in [0.5, 0.6) is 0 Å². The summed E-state index contributed by atoms with van der Waals surface area (Å²) in [6, 6.07) is 10.2. The third kappa shape index (κ3) is 3.97. The topological polar surface area (TPSA) is 50.8 Å². The Morgan fingerprint density at radius 2 is 1.70 bits per heavy atom. The second-order valence-electron chi connectivity index (χ2n) is 6.64. The van der Waals surface area contributed by atoms with Crippen molar-refractivity contribution in [3.05, 3.63) is 35.9 Å². The molecular weight excluding hydrogens is 250 g/mol. The Bertz CT molecular complexity index is 464. The first-order chi connectivity index (χ1) is 9.27. The summed E-state index contributed by atoms with van der Waals surface area (Å²) in [5.74, 6) is 0.596. The summed E-state index contributed by atoms with van der Waals surface area (Å²) in [6.45, 7) is 10.5. The normalized spacial score (nSPS) is 21.8. The summed E-state index contributed by atoms with van der Waals surface area (Å²) in [7, 11) is 0. The molecule has 1 aromatic carbocycles. The number of nitrogens with two attached hydrogens (primary N) is 1. The summed E-state index contributed by atoms with van der Waals surface area (Å²) in [5.41, 5.74) is 6.90. The molecule has 1 aliphatic rings. The lowest BCUT2D eigenvalue weighted by Crippen LogP contribution is -2.60. The van der Waals surface area contributed by atoms with Crippen LogP contribution in [0, 0.1) is 0 Å². The highest BCUT2D eigenvalue weighted by atomic mass is 16.5. The van der Waals surface area contributed by atoms with Crippen LogP contribution in [-0.4, -0.2) is 35.2 Å². The number of benzene rings is 1. The Labute approximate surface area is 121 Å². The Balaban J connectivity index is 2.06. The molecule has 1 heterocycles. The first-order valence-electron chi connectivity index (χ1n) is 7.06. The Kier molecular flexibility index (Phi) is 4.04. The maximum Gasteiger partial charge on any atom is 0.191 e. The van der Waals surface area contributed by atoms with Gasteiger partial charge in [-0.15, -0.1) is 0 Å². The van der Waals surface area contributed by atoms with Crippen LogP contribution in [0.2, 0.25) is 0 Å². The van der Waals surface area contributed by atoms with E-state index < -0.39 is 0 Å². The van der Waals surface area contributed by atoms with Crippen molar-refractivity contribution >= 4 is 5.96 Å². The molecule has 0 unspecified atom stereocenters. The van der Waals surface area contributed by atoms with E-state index >= 15 is 0 Å². The zero-order valence-electron chi connectivity index (χ0n) is 12.9. The molecule has 0 aromatic heterocycles. The second-order valence-corrected chi connectivity index (χ2v) is 6.64. The molecule has 4 nitrogen and oxygen atoms in total. The van der Waals surface area contributed by atoms with Gasteiger partial charge in [0.1, 0.15) is 0 Å². The fourth-order valence-corrected chi connectivity index (χ4v) is 2.81. The molecule has 0 spiro atoms. The van der Waals surface area contributed by atoms with Gasteiger partial charge in [-0.2, -0.15) is 0 Å². The number of aliphatic imine (C=N–C) groups is 1. The summed E-state index contributed by atoms with van der Waals surface area (Å²) in [6.07, 6.45) is 0. The van der Waals surface area contributed by atoms with E-state index in [1.165, 1.54) is 5.56 Å². The van der Waals surface area contributed by atoms with Crippen molar-refractivity contribution in [2.45, 2.75) is 45.4 Å². The molecule has 2 N–H and O–H groups in total. The average Bonchev–Trinajstić information content (AvgIpc) is 2.33. The van der Waals surface area contributed by atoms with Gasteiger partial charge in [0.2, 0.25) is 0 Å². The largest absolute Gasteiger partial charge is 0.370 e. The van der Waals surface area contributed by atoms with Crippen LogP contribution < -0.4 is 5.73 Å². The lowest BCUT2D eigenvalue weighted by Gasteiger charge is -2.47. The molecule has 0 atom stereocenters. The molecule has 0 aliphatic carbocycles. The van der Waals surface area contributed by atoms with Crippen molar-refractivity contribution in [3.63, 3.8) is 0 Å². The third-order valence-electron chi connectivity index (χ3n) is 3.29. The monoisotopic (exact) mass is 275 g/mol. The summed E-state index contributed by atoms with van der Waals surface area (Å²) in [5, 5.41) is 0. The third-order valence-corrected chi connectivity index (χ3v) is 3.29. The zero-order valence-corrected chi connectivity index (χ0v) is 12.9. The van der Waals surface area contributed by atoms with Gasteiger partial charge in [0.25, 0.3) is 0 Å². The molecule has 0 bridgehead atoms. The Morgan fingerprint density at radius 3 is 2.25 bits per heavy atom. The van der Waals surface area contributed by atoms with E-state index in [9.17, 15) is 0 Å². The smallest absolute Gasteiger partial charge is 0.191 e. The molecule has 110 valence electrons. The van der Waals surface area contributed by atoms with E-state index in [4.69, 9.17) is 10.5 Å². The number of guanidine groups is 1. The number of hydrogen-bond donors (Lipinski definition) is 1. The maximum absolute atomic E-state index is 6.16. The van der Waals surface area contributed by atoms with Gasteiger partial charge in [-0.3, -0.25) is 0 Å². The first kappa shape index (κ1) is 14.9. The van der Waals surface area contributed by atoms with Gasteiger partial charge in [-0.1, -0.05) is 30.3 Å². The average molecular weight is 275 g/mol. The highest BCUT2D eigenvalue weighted by molar-refractivity contribution is 5.78. The minimum Gasteiger partial charge on any atom is -0.370 e. The quantitative estimate of drug-likeness (QED) is 0.666. The fraction of sp³-hybridized carbons (Fsp3) is 0.562. The van der Waals surface area contributed by atoms with E-state index in [1.54, 1.807) is 0 Å². The second kappa shape index (κ2) is 5.44. The van der Waals surface area contributed by atoms with E-state index in [0.29, 0.717) is 12.5 Å². The van der Waals surface area contributed by atoms with Crippen LogP contribution in [-0.2, 0) is 11.3 Å². The molecule has 1 aromatic rings. The minimum absolute atomic E-state index is 0.214. The molecule has 4 heteroatoms. The summed E-state index contributed by atoms with van der Waals surface area (Å²) < 4.78 is 6.05. The molecule has 2 rings (SSSR count). The number of nitrogens with zero attached hydrogens (tertiary/aromatic N) is 2. The van der Waals surface area contributed by atoms with Crippen molar-refractivity contribution in [1.29, 1.82) is 0 Å². The lowest BCUT2D eigenvalue weighted by molar-refractivity contribution is -0.167. The lowest BCUT2D eigenvalue weighted by atomic mass is 9.99. The number of ether oxygens (including phenoxy) is 1. The molecule has 1 fully saturated rings. The maximum atomic E-state index is 6.16. The van der Waals surface area contributed by atoms with Gasteiger partial charge < -0.3 is 15.4 Å². The van der Waals surface area contributed by atoms with Gasteiger partial charge in [-0.05, 0) is 33.3 Å². The van der Waals surface area contributed by atoms with Gasteiger partial charge in [0.15, 0.2) is 5.96 Å². The SMILES string of the molecule is CC1(C)CN(C(N)=NCc2ccccc2)CC(C)(C)O1. The van der Waals surface area contributed by atoms with Crippen LogP contribution >= 0.6 is 0 Å². The van der Waals surface area contributed by atoms with E-state index in [-0.39, 0.29) is 11.2 Å². The molecular formula is C16H25N3O. The number of morpholine rings is 1. The first-order valence-corrected chi connectivity index (χ1v) is 7.06. The van der Waals surface area contributed by atoms with E-state index in [2.05, 4.69) is 49.7 Å². The fourth-order valence-electron chi connectivity index (χ4n) is 2.81. The Morgan fingerprint density at radius 1 is 1.15 bits per heavy atom.